The van der Waals surface area contributed by atoms with Crippen molar-refractivity contribution < 1.29 is 18.2 Å². The van der Waals surface area contributed by atoms with Crippen LogP contribution in [-0.4, -0.2) is 17.2 Å². The molecule has 0 aliphatic carbocycles. The van der Waals surface area contributed by atoms with E-state index in [4.69, 9.17) is 5.73 Å². The summed E-state index contributed by atoms with van der Waals surface area (Å²) in [6.07, 6.45) is -2.12. The molecule has 30 heavy (non-hydrogen) atoms. The summed E-state index contributed by atoms with van der Waals surface area (Å²) in [4.78, 5) is 12.1. The predicted molar refractivity (Wildman–Crippen MR) is 112 cm³/mol. The van der Waals surface area contributed by atoms with E-state index in [9.17, 15) is 13.2 Å². The first kappa shape index (κ1) is 22.0. The van der Waals surface area contributed by atoms with Crippen LogP contribution in [0.3, 0.4) is 0 Å². The standard InChI is InChI=1S/C22H26F3N5/c1-4-15-11-13(2)20(27-14(15)3)29-19-12-16(9-10-26)28-21(30-19)17-7-5-6-8-18(17)22(23,24)25/h5-8,12,15H,4,9-11,26H2,1-3H3,(H,28,29,30)/p+1. The number of allylic oxidation sites excluding steroid dienone is 1. The number of aliphatic imine (C=N–C) groups is 1. The van der Waals surface area contributed by atoms with Gasteiger partial charge in [0, 0.05) is 24.1 Å². The van der Waals surface area contributed by atoms with Crippen LogP contribution in [0, 0.1) is 5.92 Å². The second-order valence-electron chi connectivity index (χ2n) is 7.53. The summed E-state index contributed by atoms with van der Waals surface area (Å²) in [5.41, 5.74) is 7.68. The molecule has 1 aliphatic heterocycles. The van der Waals surface area contributed by atoms with E-state index >= 15 is 0 Å². The number of nitrogens with one attached hydrogen (secondary N) is 2. The van der Waals surface area contributed by atoms with E-state index in [0.717, 1.165) is 30.2 Å². The minimum atomic E-state index is -4.48. The van der Waals surface area contributed by atoms with Crippen LogP contribution < -0.4 is 16.0 Å². The van der Waals surface area contributed by atoms with Crippen molar-refractivity contribution >= 4 is 11.5 Å². The van der Waals surface area contributed by atoms with Crippen LogP contribution >= 0.6 is 0 Å². The van der Waals surface area contributed by atoms with Crippen molar-refractivity contribution in [2.24, 2.45) is 16.6 Å². The Kier molecular flexibility index (Phi) is 6.55. The zero-order valence-corrected chi connectivity index (χ0v) is 17.4. The first-order chi connectivity index (χ1) is 14.2. The van der Waals surface area contributed by atoms with Gasteiger partial charge < -0.3 is 5.73 Å². The Bertz CT molecular complexity index is 979. The zero-order valence-electron chi connectivity index (χ0n) is 17.4. The summed E-state index contributed by atoms with van der Waals surface area (Å²) in [5, 5.41) is 3.25. The van der Waals surface area contributed by atoms with Gasteiger partial charge in [-0.15, -0.1) is 4.98 Å². The Balaban J connectivity index is 2.04. The number of benzene rings is 1. The Hall–Kier alpha value is -2.74. The fourth-order valence-electron chi connectivity index (χ4n) is 3.62. The Labute approximate surface area is 174 Å². The van der Waals surface area contributed by atoms with E-state index in [1.165, 1.54) is 12.1 Å². The quantitative estimate of drug-likeness (QED) is 0.719. The van der Waals surface area contributed by atoms with Gasteiger partial charge in [0.15, 0.2) is 5.82 Å². The molecule has 1 atom stereocenters. The Morgan fingerprint density at radius 2 is 1.97 bits per heavy atom. The number of alkyl halides is 3. The molecule has 0 fully saturated rings. The highest BCUT2D eigenvalue weighted by molar-refractivity contribution is 5.87. The van der Waals surface area contributed by atoms with Gasteiger partial charge in [-0.3, -0.25) is 5.32 Å². The topological polar surface area (TPSA) is 77.4 Å². The maximum absolute atomic E-state index is 13.5. The zero-order chi connectivity index (χ0) is 21.9. The van der Waals surface area contributed by atoms with Crippen LogP contribution in [0.4, 0.5) is 19.0 Å². The molecule has 0 saturated carbocycles. The molecule has 2 aromatic rings. The lowest BCUT2D eigenvalue weighted by atomic mass is 9.91. The number of anilines is 1. The average Bonchev–Trinajstić information content (AvgIpc) is 2.70. The fourth-order valence-corrected chi connectivity index (χ4v) is 3.62. The van der Waals surface area contributed by atoms with Gasteiger partial charge in [0.25, 0.3) is 5.82 Å². The monoisotopic (exact) mass is 418 g/mol. The van der Waals surface area contributed by atoms with Gasteiger partial charge in [0.1, 0.15) is 5.69 Å². The van der Waals surface area contributed by atoms with Gasteiger partial charge >= 0.3 is 6.18 Å². The van der Waals surface area contributed by atoms with E-state index in [-0.39, 0.29) is 11.4 Å². The van der Waals surface area contributed by atoms with Crippen molar-refractivity contribution in [1.29, 1.82) is 0 Å². The highest BCUT2D eigenvalue weighted by Gasteiger charge is 2.35. The van der Waals surface area contributed by atoms with Crippen LogP contribution in [-0.2, 0) is 12.6 Å². The number of rotatable bonds is 6. The molecule has 1 unspecified atom stereocenters. The second kappa shape index (κ2) is 8.95. The molecule has 0 amide bonds. The molecule has 160 valence electrons. The number of aromatic nitrogens is 2. The van der Waals surface area contributed by atoms with E-state index in [1.807, 2.05) is 13.8 Å². The molecule has 8 heteroatoms. The minimum absolute atomic E-state index is 0.00741. The summed E-state index contributed by atoms with van der Waals surface area (Å²) in [5.74, 6) is 1.80. The molecule has 0 bridgehead atoms. The van der Waals surface area contributed by atoms with E-state index < -0.39 is 11.7 Å². The molecule has 0 radical (unpaired) electrons. The molecule has 1 aliphatic rings. The number of H-pyrrole nitrogens is 1. The van der Waals surface area contributed by atoms with E-state index in [1.54, 1.807) is 12.1 Å². The molecule has 5 nitrogen and oxygen atoms in total. The molecule has 0 spiro atoms. The highest BCUT2D eigenvalue weighted by Crippen LogP contribution is 2.35. The molecular weight excluding hydrogens is 391 g/mol. The van der Waals surface area contributed by atoms with Crippen molar-refractivity contribution in [1.82, 2.24) is 4.98 Å². The van der Waals surface area contributed by atoms with Crippen molar-refractivity contribution in [2.45, 2.75) is 46.2 Å². The summed E-state index contributed by atoms with van der Waals surface area (Å²) >= 11 is 0. The number of hydrogen-bond donors (Lipinski definition) is 2. The largest absolute Gasteiger partial charge is 0.417 e. The van der Waals surface area contributed by atoms with Gasteiger partial charge in [-0.1, -0.05) is 19.1 Å². The lowest BCUT2D eigenvalue weighted by Gasteiger charge is -2.21. The smallest absolute Gasteiger partial charge is 0.330 e. The van der Waals surface area contributed by atoms with Crippen LogP contribution in [0.25, 0.3) is 11.4 Å². The number of nitrogens with zero attached hydrogens (tertiary/aromatic N) is 2. The normalized spacial score (nSPS) is 17.2. The SMILES string of the molecule is CCC1CC(C)=C(Nc2cc(CCN)nc(-c3ccccc3C(F)(F)F)[nH+]2)N=C1C. The molecule has 3 rings (SSSR count). The molecular formula is C22H27F3N5+. The first-order valence-corrected chi connectivity index (χ1v) is 10.0. The molecule has 4 N–H and O–H groups in total. The molecule has 2 heterocycles. The van der Waals surface area contributed by atoms with E-state index in [2.05, 4.69) is 27.2 Å². The van der Waals surface area contributed by atoms with Crippen LogP contribution in [0.5, 0.6) is 0 Å². The van der Waals surface area contributed by atoms with Gasteiger partial charge in [0.05, 0.1) is 11.1 Å². The molecule has 0 saturated heterocycles. The third-order valence-electron chi connectivity index (χ3n) is 5.29. The second-order valence-corrected chi connectivity index (χ2v) is 7.53. The Morgan fingerprint density at radius 3 is 2.63 bits per heavy atom. The van der Waals surface area contributed by atoms with Crippen molar-refractivity contribution in [3.05, 3.63) is 53.0 Å². The van der Waals surface area contributed by atoms with Crippen molar-refractivity contribution in [3.63, 3.8) is 0 Å². The van der Waals surface area contributed by atoms with Crippen LogP contribution in [0.1, 0.15) is 44.9 Å². The van der Waals surface area contributed by atoms with Crippen molar-refractivity contribution in [3.8, 4) is 11.4 Å². The minimum Gasteiger partial charge on any atom is -0.330 e. The number of halogens is 3. The van der Waals surface area contributed by atoms with Gasteiger partial charge in [-0.05, 0) is 50.9 Å². The molecule has 1 aromatic heterocycles. The maximum atomic E-state index is 13.5. The fraction of sp³-hybridized carbons (Fsp3) is 0.409. The first-order valence-electron chi connectivity index (χ1n) is 10.0. The predicted octanol–water partition coefficient (Wildman–Crippen LogP) is 4.62. The number of hydrogen-bond acceptors (Lipinski definition) is 4. The molecule has 1 aromatic carbocycles. The summed E-state index contributed by atoms with van der Waals surface area (Å²) in [6.45, 7) is 6.50. The number of aromatic amines is 1. The van der Waals surface area contributed by atoms with Gasteiger partial charge in [-0.2, -0.15) is 13.2 Å². The van der Waals surface area contributed by atoms with Crippen LogP contribution in [0.15, 0.2) is 46.7 Å². The average molecular weight is 418 g/mol. The highest BCUT2D eigenvalue weighted by atomic mass is 19.4. The van der Waals surface area contributed by atoms with E-state index in [0.29, 0.717) is 36.2 Å². The Morgan fingerprint density at radius 1 is 1.23 bits per heavy atom. The van der Waals surface area contributed by atoms with Gasteiger partial charge in [-0.25, -0.2) is 9.98 Å². The lowest BCUT2D eigenvalue weighted by Crippen LogP contribution is -2.23. The summed E-state index contributed by atoms with van der Waals surface area (Å²) in [7, 11) is 0. The number of nitrogens with two attached hydrogens (primary N) is 1. The van der Waals surface area contributed by atoms with Crippen molar-refractivity contribution in [2.75, 3.05) is 11.9 Å². The summed E-state index contributed by atoms with van der Waals surface area (Å²) in [6, 6.07) is 7.17. The maximum Gasteiger partial charge on any atom is 0.417 e. The third kappa shape index (κ3) is 4.87. The van der Waals surface area contributed by atoms with Crippen LogP contribution in [0.2, 0.25) is 0 Å². The lowest BCUT2D eigenvalue weighted by molar-refractivity contribution is -0.352. The van der Waals surface area contributed by atoms with Gasteiger partial charge in [0.2, 0.25) is 5.82 Å². The third-order valence-corrected chi connectivity index (χ3v) is 5.29. The summed E-state index contributed by atoms with van der Waals surface area (Å²) < 4.78 is 40.6.